The second-order valence-corrected chi connectivity index (χ2v) is 10.2. The normalized spacial score (nSPS) is 12.9. The van der Waals surface area contributed by atoms with E-state index in [0.717, 1.165) is 43.2 Å². The van der Waals surface area contributed by atoms with Crippen molar-refractivity contribution in [3.8, 4) is 0 Å². The van der Waals surface area contributed by atoms with Gasteiger partial charge >= 0.3 is 5.97 Å². The highest BCUT2D eigenvalue weighted by atomic mass is 31.0. The molecule has 0 fully saturated rings. The van der Waals surface area contributed by atoms with Crippen molar-refractivity contribution in [2.24, 2.45) is 0 Å². The van der Waals surface area contributed by atoms with Crippen molar-refractivity contribution in [3.63, 3.8) is 0 Å². The van der Waals surface area contributed by atoms with Crippen LogP contribution in [0.2, 0.25) is 0 Å². The van der Waals surface area contributed by atoms with Crippen LogP contribution in [0.15, 0.2) is 0 Å². The van der Waals surface area contributed by atoms with Crippen molar-refractivity contribution in [2.75, 3.05) is 6.61 Å². The summed E-state index contributed by atoms with van der Waals surface area (Å²) in [4.78, 5) is 37.6. The van der Waals surface area contributed by atoms with Crippen LogP contribution in [0.5, 0.6) is 0 Å². The standard InChI is InChI=1S/C27H52NO5P/c1-3-5-7-9-11-13-15-17-19-21-24(30)27(23-29,26(32)33)28(34)25(31)22-20-18-16-14-12-10-8-6-4-2/h29H,3-23,34H2,1-2H3,(H,32,33)/t27-/m0/s1. The van der Waals surface area contributed by atoms with Crippen molar-refractivity contribution in [1.29, 1.82) is 0 Å². The topological polar surface area (TPSA) is 94.9 Å². The zero-order valence-corrected chi connectivity index (χ0v) is 23.1. The molecule has 0 aliphatic carbocycles. The molecule has 2 atom stereocenters. The number of ketones is 1. The Bertz CT molecular complexity index is 557. The van der Waals surface area contributed by atoms with E-state index in [2.05, 4.69) is 23.2 Å². The second kappa shape index (κ2) is 21.3. The zero-order valence-electron chi connectivity index (χ0n) is 22.0. The molecule has 0 bridgehead atoms. The van der Waals surface area contributed by atoms with Crippen LogP contribution in [0.3, 0.4) is 0 Å². The number of hydrogen-bond donors (Lipinski definition) is 2. The number of carboxylic acids is 1. The zero-order chi connectivity index (χ0) is 25.7. The molecule has 0 aromatic carbocycles. The van der Waals surface area contributed by atoms with Crippen LogP contribution < -0.4 is 0 Å². The van der Waals surface area contributed by atoms with E-state index in [1.165, 1.54) is 64.2 Å². The number of carbonyl (C=O) groups is 3. The first-order chi connectivity index (χ1) is 16.4. The van der Waals surface area contributed by atoms with Crippen LogP contribution >= 0.6 is 9.39 Å². The third-order valence-corrected chi connectivity index (χ3v) is 7.45. The predicted molar refractivity (Wildman–Crippen MR) is 143 cm³/mol. The van der Waals surface area contributed by atoms with Gasteiger partial charge in [-0.25, -0.2) is 4.79 Å². The lowest BCUT2D eigenvalue weighted by molar-refractivity contribution is -0.161. The molecule has 0 radical (unpaired) electrons. The fourth-order valence-corrected chi connectivity index (χ4v) is 4.78. The number of nitrogens with zero attached hydrogens (tertiary/aromatic N) is 1. The van der Waals surface area contributed by atoms with Crippen LogP contribution in [0.1, 0.15) is 142 Å². The molecule has 1 unspecified atom stereocenters. The van der Waals surface area contributed by atoms with E-state index in [1.807, 2.05) is 0 Å². The number of carbonyl (C=O) groups excluding carboxylic acids is 2. The molecule has 0 spiro atoms. The lowest BCUT2D eigenvalue weighted by Gasteiger charge is -2.35. The van der Waals surface area contributed by atoms with Crippen LogP contribution in [-0.4, -0.2) is 44.7 Å². The highest BCUT2D eigenvalue weighted by Gasteiger charge is 2.50. The van der Waals surface area contributed by atoms with Gasteiger partial charge in [-0.05, 0) is 22.2 Å². The van der Waals surface area contributed by atoms with Gasteiger partial charge in [-0.1, -0.05) is 117 Å². The molecule has 0 aliphatic heterocycles. The quantitative estimate of drug-likeness (QED) is 0.0858. The van der Waals surface area contributed by atoms with Gasteiger partial charge in [-0.15, -0.1) is 0 Å². The Morgan fingerprint density at radius 1 is 0.647 bits per heavy atom. The second-order valence-electron chi connectivity index (χ2n) is 9.67. The first kappa shape index (κ1) is 33.0. The lowest BCUT2D eigenvalue weighted by atomic mass is 9.90. The van der Waals surface area contributed by atoms with E-state index in [1.54, 1.807) is 0 Å². The number of rotatable bonds is 24. The highest BCUT2D eigenvalue weighted by Crippen LogP contribution is 2.26. The van der Waals surface area contributed by atoms with E-state index in [4.69, 9.17) is 0 Å². The van der Waals surface area contributed by atoms with Gasteiger partial charge in [-0.3, -0.25) is 9.59 Å². The van der Waals surface area contributed by atoms with Gasteiger partial charge in [0.2, 0.25) is 11.4 Å². The summed E-state index contributed by atoms with van der Waals surface area (Å²) in [5.74, 6) is -2.49. The SMILES string of the molecule is CCCCCCCCCCCC(=O)N(P)[C@](CO)(C(=O)O)C(=O)CCCCCCCCCCC. The third-order valence-electron chi connectivity index (χ3n) is 6.73. The highest BCUT2D eigenvalue weighted by molar-refractivity contribution is 7.15. The van der Waals surface area contributed by atoms with Gasteiger partial charge in [0.25, 0.3) is 0 Å². The Kier molecular flexibility index (Phi) is 20.7. The third kappa shape index (κ3) is 13.2. The maximum Gasteiger partial charge on any atom is 0.340 e. The van der Waals surface area contributed by atoms with Crippen LogP contribution in [0, 0.1) is 0 Å². The summed E-state index contributed by atoms with van der Waals surface area (Å²) in [5, 5.41) is 19.7. The van der Waals surface area contributed by atoms with Crippen molar-refractivity contribution in [3.05, 3.63) is 0 Å². The van der Waals surface area contributed by atoms with Crippen molar-refractivity contribution >= 4 is 27.1 Å². The number of carboxylic acid groups (broad SMARTS) is 1. The molecule has 0 aromatic heterocycles. The van der Waals surface area contributed by atoms with Gasteiger partial charge in [0.1, 0.15) is 0 Å². The molecule has 0 saturated carbocycles. The lowest BCUT2D eigenvalue weighted by Crippen LogP contribution is -2.60. The molecule has 0 rings (SSSR count). The minimum absolute atomic E-state index is 0.0545. The fraction of sp³-hybridized carbons (Fsp3) is 0.889. The van der Waals surface area contributed by atoms with E-state index in [-0.39, 0.29) is 12.8 Å². The molecule has 0 aromatic rings. The molecule has 0 aliphatic rings. The summed E-state index contributed by atoms with van der Waals surface area (Å²) in [7, 11) is 2.09. The predicted octanol–water partition coefficient (Wildman–Crippen LogP) is 6.83. The van der Waals surface area contributed by atoms with Crippen LogP contribution in [-0.2, 0) is 14.4 Å². The Morgan fingerprint density at radius 2 is 1.00 bits per heavy atom. The Labute approximate surface area is 210 Å². The molecular formula is C27H52NO5P. The van der Waals surface area contributed by atoms with Crippen molar-refractivity contribution < 1.29 is 24.6 Å². The minimum Gasteiger partial charge on any atom is -0.479 e. The number of aliphatic hydroxyl groups excluding tert-OH is 1. The monoisotopic (exact) mass is 501 g/mol. The Balaban J connectivity index is 4.42. The number of hydrogen-bond acceptors (Lipinski definition) is 4. The molecule has 0 saturated heterocycles. The molecule has 2 N–H and O–H groups in total. The Hall–Kier alpha value is -1.00. The fourth-order valence-electron chi connectivity index (χ4n) is 4.31. The molecule has 0 heterocycles. The summed E-state index contributed by atoms with van der Waals surface area (Å²) in [6.07, 6.45) is 20.0. The van der Waals surface area contributed by atoms with Gasteiger partial charge in [0.15, 0.2) is 5.78 Å². The summed E-state index contributed by atoms with van der Waals surface area (Å²) in [5.41, 5.74) is -2.21. The maximum absolute atomic E-state index is 12.9. The van der Waals surface area contributed by atoms with Gasteiger partial charge in [-0.2, -0.15) is 0 Å². The van der Waals surface area contributed by atoms with E-state index < -0.39 is 29.8 Å². The average Bonchev–Trinajstić information content (AvgIpc) is 2.82. The van der Waals surface area contributed by atoms with E-state index in [0.29, 0.717) is 12.8 Å². The van der Waals surface area contributed by atoms with E-state index >= 15 is 0 Å². The average molecular weight is 502 g/mol. The summed E-state index contributed by atoms with van der Waals surface area (Å²) in [6, 6.07) is 0. The molecular weight excluding hydrogens is 449 g/mol. The largest absolute Gasteiger partial charge is 0.479 e. The Morgan fingerprint density at radius 3 is 1.35 bits per heavy atom. The maximum atomic E-state index is 12.9. The molecule has 6 nitrogen and oxygen atoms in total. The van der Waals surface area contributed by atoms with Crippen molar-refractivity contribution in [1.82, 2.24) is 4.67 Å². The number of aliphatic hydroxyl groups is 1. The van der Waals surface area contributed by atoms with Gasteiger partial charge < -0.3 is 14.9 Å². The number of Topliss-reactive ketones (excluding diaryl/α,β-unsaturated/α-hetero) is 1. The van der Waals surface area contributed by atoms with Gasteiger partial charge in [0.05, 0.1) is 6.61 Å². The molecule has 7 heteroatoms. The first-order valence-corrected chi connectivity index (χ1v) is 14.3. The number of unbranched alkanes of at least 4 members (excludes halogenated alkanes) is 16. The number of amides is 1. The van der Waals surface area contributed by atoms with Gasteiger partial charge in [0, 0.05) is 12.8 Å². The molecule has 1 amide bonds. The van der Waals surface area contributed by atoms with Crippen LogP contribution in [0.4, 0.5) is 0 Å². The summed E-state index contributed by atoms with van der Waals surface area (Å²) in [6.45, 7) is 3.49. The smallest absolute Gasteiger partial charge is 0.340 e. The first-order valence-electron chi connectivity index (χ1n) is 13.8. The molecule has 200 valence electrons. The minimum atomic E-state index is -2.21. The number of aliphatic carboxylic acids is 1. The van der Waals surface area contributed by atoms with Crippen LogP contribution in [0.25, 0.3) is 0 Å². The van der Waals surface area contributed by atoms with E-state index in [9.17, 15) is 24.6 Å². The van der Waals surface area contributed by atoms with Crippen molar-refractivity contribution in [2.45, 2.75) is 148 Å². The summed E-state index contributed by atoms with van der Waals surface area (Å²) < 4.78 is 0.899. The summed E-state index contributed by atoms with van der Waals surface area (Å²) >= 11 is 0. The molecule has 34 heavy (non-hydrogen) atoms.